The van der Waals surface area contributed by atoms with Gasteiger partial charge < -0.3 is 14.2 Å². The molecule has 6 heteroatoms. The van der Waals surface area contributed by atoms with Crippen LogP contribution in [-0.2, 0) is 28.6 Å². The maximum atomic E-state index is 12.9. The largest absolute Gasteiger partial charge is 0.462 e. The maximum Gasteiger partial charge on any atom is 0.309 e. The number of carbonyl (C=O) groups excluding carboxylic acids is 3. The third-order valence-electron chi connectivity index (χ3n) is 12.4. The first kappa shape index (κ1) is 69.5. The van der Waals surface area contributed by atoms with Crippen molar-refractivity contribution in [1.82, 2.24) is 0 Å². The van der Waals surface area contributed by atoms with Crippen molar-refractivity contribution in [2.45, 2.75) is 264 Å². The molecule has 0 fully saturated rings. The van der Waals surface area contributed by atoms with Crippen molar-refractivity contribution in [2.24, 2.45) is 0 Å². The molecule has 0 heterocycles. The predicted molar refractivity (Wildman–Crippen MR) is 320 cm³/mol. The van der Waals surface area contributed by atoms with Crippen LogP contribution < -0.4 is 0 Å². The van der Waals surface area contributed by atoms with E-state index in [4.69, 9.17) is 14.2 Å². The summed E-state index contributed by atoms with van der Waals surface area (Å²) in [5.41, 5.74) is 0. The molecule has 0 radical (unpaired) electrons. The van der Waals surface area contributed by atoms with Crippen LogP contribution in [0.2, 0.25) is 0 Å². The first-order valence-corrected chi connectivity index (χ1v) is 30.2. The summed E-state index contributed by atoms with van der Waals surface area (Å²) in [4.78, 5) is 38.2. The summed E-state index contributed by atoms with van der Waals surface area (Å²) in [5.74, 6) is -1.07. The van der Waals surface area contributed by atoms with E-state index in [0.717, 1.165) is 109 Å². The van der Waals surface area contributed by atoms with E-state index in [-0.39, 0.29) is 31.6 Å². The molecule has 0 aliphatic rings. The lowest BCUT2D eigenvalue weighted by molar-refractivity contribution is -0.166. The molecule has 418 valence electrons. The molecule has 0 N–H and O–H groups in total. The van der Waals surface area contributed by atoms with Crippen LogP contribution in [0.15, 0.2) is 134 Å². The van der Waals surface area contributed by atoms with E-state index in [1.165, 1.54) is 109 Å². The van der Waals surface area contributed by atoms with Gasteiger partial charge in [0.05, 0.1) is 6.42 Å². The summed E-state index contributed by atoms with van der Waals surface area (Å²) < 4.78 is 16.8. The Bertz CT molecular complexity index is 1600. The normalized spacial score (nSPS) is 13.1. The van der Waals surface area contributed by atoms with Gasteiger partial charge in [-0.05, 0) is 116 Å². The second-order valence-corrected chi connectivity index (χ2v) is 19.5. The third kappa shape index (κ3) is 58.4. The van der Waals surface area contributed by atoms with Crippen LogP contribution >= 0.6 is 0 Å². The first-order chi connectivity index (χ1) is 36.5. The fraction of sp³-hybridized carbons (Fsp3) is 0.632. The Balaban J connectivity index is 4.49. The lowest BCUT2D eigenvalue weighted by Crippen LogP contribution is -2.30. The minimum absolute atomic E-state index is 0.119. The van der Waals surface area contributed by atoms with Crippen molar-refractivity contribution in [3.63, 3.8) is 0 Å². The lowest BCUT2D eigenvalue weighted by atomic mass is 10.1. The number of unbranched alkanes of at least 4 members (excludes halogenated alkanes) is 21. The molecule has 0 saturated carbocycles. The quantitative estimate of drug-likeness (QED) is 0.0261. The summed E-state index contributed by atoms with van der Waals surface area (Å²) in [7, 11) is 0. The minimum Gasteiger partial charge on any atom is -0.462 e. The van der Waals surface area contributed by atoms with Gasteiger partial charge in [-0.2, -0.15) is 0 Å². The van der Waals surface area contributed by atoms with Gasteiger partial charge in [-0.3, -0.25) is 14.4 Å². The number of hydrogen-bond donors (Lipinski definition) is 0. The van der Waals surface area contributed by atoms with Gasteiger partial charge in [0, 0.05) is 12.8 Å². The average molecular weight is 1020 g/mol. The van der Waals surface area contributed by atoms with Crippen molar-refractivity contribution in [3.05, 3.63) is 134 Å². The van der Waals surface area contributed by atoms with E-state index in [1.807, 2.05) is 6.08 Å². The molecular weight excluding hydrogens is 913 g/mol. The van der Waals surface area contributed by atoms with E-state index in [0.29, 0.717) is 12.8 Å². The summed E-state index contributed by atoms with van der Waals surface area (Å²) in [5, 5.41) is 0. The number of hydrogen-bond acceptors (Lipinski definition) is 6. The fourth-order valence-electron chi connectivity index (χ4n) is 7.95. The molecular formula is C68H110O6. The molecule has 0 aromatic carbocycles. The Hall–Kier alpha value is -4.45. The number of rotatable bonds is 53. The molecule has 0 aliphatic carbocycles. The summed E-state index contributed by atoms with van der Waals surface area (Å²) in [6, 6.07) is 0. The van der Waals surface area contributed by atoms with Gasteiger partial charge in [0.15, 0.2) is 6.10 Å². The standard InChI is InChI=1S/C68H110O6/c1-4-7-10-13-16-19-22-25-28-30-32-33-34-35-36-38-40-43-46-49-52-55-58-61-67(70)73-64-65(63-72-66(69)60-57-54-51-48-45-42-39-27-24-21-18-15-12-9-6-3)74-68(71)62-59-56-53-50-47-44-41-37-31-29-26-23-20-17-14-11-8-5-2/h7,9-10,12,16,18-19,21,25,27-29,31-33,35-36,39,45,48,54,57,65H,4-6,8,11,13-15,17,20,22-24,26,30,34,37-38,40-44,46-47,49-53,55-56,58-64H2,1-3H3/b10-7-,12-9-,19-16-,21-18-,28-25-,31-29-,33-32-,36-35-,39-27-,48-45-,57-54-. The van der Waals surface area contributed by atoms with Gasteiger partial charge in [-0.1, -0.05) is 257 Å². The zero-order chi connectivity index (χ0) is 53.6. The molecule has 0 rings (SSSR count). The molecule has 0 spiro atoms. The van der Waals surface area contributed by atoms with Gasteiger partial charge in [0.2, 0.25) is 0 Å². The van der Waals surface area contributed by atoms with Crippen LogP contribution in [-0.4, -0.2) is 37.2 Å². The molecule has 0 aromatic heterocycles. The molecule has 0 bridgehead atoms. The number of carbonyl (C=O) groups is 3. The number of ether oxygens (including phenoxy) is 3. The Morgan fingerprint density at radius 1 is 0.297 bits per heavy atom. The molecule has 0 aliphatic heterocycles. The van der Waals surface area contributed by atoms with Gasteiger partial charge in [0.25, 0.3) is 0 Å². The minimum atomic E-state index is -0.831. The third-order valence-corrected chi connectivity index (χ3v) is 12.4. The summed E-state index contributed by atoms with van der Waals surface area (Å²) in [6.07, 6.45) is 86.1. The molecule has 0 amide bonds. The second kappa shape index (κ2) is 61.1. The molecule has 74 heavy (non-hydrogen) atoms. The van der Waals surface area contributed by atoms with Gasteiger partial charge >= 0.3 is 17.9 Å². The Morgan fingerprint density at radius 3 is 0.959 bits per heavy atom. The zero-order valence-electron chi connectivity index (χ0n) is 47.8. The van der Waals surface area contributed by atoms with Crippen molar-refractivity contribution in [1.29, 1.82) is 0 Å². The van der Waals surface area contributed by atoms with Crippen molar-refractivity contribution >= 4 is 17.9 Å². The summed E-state index contributed by atoms with van der Waals surface area (Å²) >= 11 is 0. The average Bonchev–Trinajstić information content (AvgIpc) is 3.40. The van der Waals surface area contributed by atoms with Crippen molar-refractivity contribution in [2.75, 3.05) is 13.2 Å². The summed E-state index contributed by atoms with van der Waals surface area (Å²) in [6.45, 7) is 6.31. The van der Waals surface area contributed by atoms with Crippen LogP contribution in [0.1, 0.15) is 258 Å². The van der Waals surface area contributed by atoms with Gasteiger partial charge in [-0.15, -0.1) is 0 Å². The number of esters is 3. The highest BCUT2D eigenvalue weighted by atomic mass is 16.6. The van der Waals surface area contributed by atoms with Gasteiger partial charge in [0.1, 0.15) is 13.2 Å². The molecule has 0 aromatic rings. The fourth-order valence-corrected chi connectivity index (χ4v) is 7.95. The second-order valence-electron chi connectivity index (χ2n) is 19.5. The van der Waals surface area contributed by atoms with Crippen LogP contribution in [0.5, 0.6) is 0 Å². The van der Waals surface area contributed by atoms with Gasteiger partial charge in [-0.25, -0.2) is 0 Å². The molecule has 1 unspecified atom stereocenters. The SMILES string of the molecule is CC/C=C\C/C=C\C/C=C\C/C=C\C/C=C\CCCCCCCCCC(=O)OCC(COC(=O)C/C=C\C/C=C\C/C=C\C/C=C\C/C=C\CC)OC(=O)CCCCCCCCC/C=C\CCCCCCCCC. The van der Waals surface area contributed by atoms with Crippen LogP contribution in [0, 0.1) is 0 Å². The monoisotopic (exact) mass is 1020 g/mol. The highest BCUT2D eigenvalue weighted by molar-refractivity contribution is 5.72. The molecule has 0 saturated heterocycles. The van der Waals surface area contributed by atoms with E-state index < -0.39 is 12.1 Å². The Kier molecular flexibility index (Phi) is 57.4. The smallest absolute Gasteiger partial charge is 0.309 e. The molecule has 6 nitrogen and oxygen atoms in total. The predicted octanol–water partition coefficient (Wildman–Crippen LogP) is 20.6. The Labute approximate surface area is 455 Å². The maximum absolute atomic E-state index is 12.9. The Morgan fingerprint density at radius 2 is 0.581 bits per heavy atom. The highest BCUT2D eigenvalue weighted by Gasteiger charge is 2.19. The van der Waals surface area contributed by atoms with Crippen LogP contribution in [0.25, 0.3) is 0 Å². The highest BCUT2D eigenvalue weighted by Crippen LogP contribution is 2.14. The van der Waals surface area contributed by atoms with E-state index in [1.54, 1.807) is 6.08 Å². The zero-order valence-corrected chi connectivity index (χ0v) is 47.8. The van der Waals surface area contributed by atoms with Crippen molar-refractivity contribution in [3.8, 4) is 0 Å². The van der Waals surface area contributed by atoms with E-state index in [9.17, 15) is 14.4 Å². The molecule has 1 atom stereocenters. The van der Waals surface area contributed by atoms with E-state index >= 15 is 0 Å². The topological polar surface area (TPSA) is 78.9 Å². The van der Waals surface area contributed by atoms with Crippen LogP contribution in [0.3, 0.4) is 0 Å². The number of allylic oxidation sites excluding steroid dienone is 21. The van der Waals surface area contributed by atoms with E-state index in [2.05, 4.69) is 142 Å². The van der Waals surface area contributed by atoms with Crippen LogP contribution in [0.4, 0.5) is 0 Å². The first-order valence-electron chi connectivity index (χ1n) is 30.2. The van der Waals surface area contributed by atoms with Crippen molar-refractivity contribution < 1.29 is 28.6 Å². The lowest BCUT2D eigenvalue weighted by Gasteiger charge is -2.18.